The molecule has 0 spiro atoms. The van der Waals surface area contributed by atoms with Crippen LogP contribution in [0.5, 0.6) is 5.75 Å². The van der Waals surface area contributed by atoms with Gasteiger partial charge in [0.05, 0.1) is 17.2 Å². The van der Waals surface area contributed by atoms with E-state index in [4.69, 9.17) is 15.5 Å². The van der Waals surface area contributed by atoms with E-state index < -0.39 is 24.9 Å². The fourth-order valence-electron chi connectivity index (χ4n) is 2.74. The number of carbonyl (C=O) groups excluding carboxylic acids is 1. The Morgan fingerprint density at radius 1 is 1.50 bits per heavy atom. The van der Waals surface area contributed by atoms with Crippen molar-refractivity contribution < 1.29 is 24.4 Å². The van der Waals surface area contributed by atoms with Crippen LogP contribution in [-0.4, -0.2) is 40.1 Å². The highest BCUT2D eigenvalue weighted by Crippen LogP contribution is 2.29. The van der Waals surface area contributed by atoms with Gasteiger partial charge in [-0.1, -0.05) is 18.2 Å². The molecule has 0 aliphatic carbocycles. The molecule has 0 unspecified atom stereocenters. The third-order valence-corrected chi connectivity index (χ3v) is 4.62. The molecule has 2 aromatic rings. The van der Waals surface area contributed by atoms with E-state index in [1.807, 2.05) is 25.1 Å². The Kier molecular flexibility index (Phi) is 4.96. The predicted octanol–water partition coefficient (Wildman–Crippen LogP) is 0.641. The molecule has 0 saturated carbocycles. The monoisotopic (exact) mass is 373 g/mol. The second-order valence-corrected chi connectivity index (χ2v) is 6.71. The van der Waals surface area contributed by atoms with Gasteiger partial charge in [-0.15, -0.1) is 11.3 Å². The van der Waals surface area contributed by atoms with Gasteiger partial charge in [-0.3, -0.25) is 4.79 Å². The number of fused-ring (bicyclic) bond motifs is 1. The van der Waals surface area contributed by atoms with Gasteiger partial charge in [0.15, 0.2) is 5.13 Å². The SMILES string of the molecule is Cc1cccc2c1OB(O)[C@@H](NC(=O)/C(=C/C(=O)O)c1csc(N)n1)C2. The summed E-state index contributed by atoms with van der Waals surface area (Å²) in [6.45, 7) is 1.87. The average Bonchev–Trinajstić information content (AvgIpc) is 3.00. The summed E-state index contributed by atoms with van der Waals surface area (Å²) in [6, 6.07) is 5.58. The Morgan fingerprint density at radius 3 is 2.92 bits per heavy atom. The van der Waals surface area contributed by atoms with Crippen molar-refractivity contribution in [3.05, 3.63) is 46.5 Å². The van der Waals surface area contributed by atoms with Crippen molar-refractivity contribution in [1.82, 2.24) is 10.3 Å². The number of carboxylic acid groups (broad SMARTS) is 1. The highest BCUT2D eigenvalue weighted by atomic mass is 32.1. The van der Waals surface area contributed by atoms with Crippen molar-refractivity contribution in [2.75, 3.05) is 5.73 Å². The van der Waals surface area contributed by atoms with Gasteiger partial charge in [0.2, 0.25) is 0 Å². The van der Waals surface area contributed by atoms with E-state index in [0.29, 0.717) is 12.2 Å². The standard InChI is InChI=1S/C16H16BN3O5S/c1-8-3-2-4-9-5-12(17(24)25-14(8)9)20-15(23)10(6-13(21)22)11-7-26-16(18)19-11/h2-4,6-7,12,24H,5H2,1H3,(H2,18,19)(H,20,23)(H,21,22)/b10-6+/t12-/m0/s1. The molecule has 1 aromatic carbocycles. The number of para-hydroxylation sites is 1. The minimum Gasteiger partial charge on any atom is -0.534 e. The van der Waals surface area contributed by atoms with Crippen LogP contribution in [0.2, 0.25) is 0 Å². The van der Waals surface area contributed by atoms with Crippen LogP contribution in [0.3, 0.4) is 0 Å². The van der Waals surface area contributed by atoms with E-state index in [0.717, 1.165) is 28.5 Å². The molecule has 8 nitrogen and oxygen atoms in total. The van der Waals surface area contributed by atoms with E-state index in [2.05, 4.69) is 10.3 Å². The Labute approximate surface area is 153 Å². The quantitative estimate of drug-likeness (QED) is 0.456. The molecular weight excluding hydrogens is 357 g/mol. The minimum atomic E-state index is -1.29. The number of aryl methyl sites for hydroxylation is 1. The lowest BCUT2D eigenvalue weighted by Crippen LogP contribution is -2.53. The summed E-state index contributed by atoms with van der Waals surface area (Å²) in [4.78, 5) is 27.6. The van der Waals surface area contributed by atoms with E-state index in [-0.39, 0.29) is 16.4 Å². The number of hydrogen-bond donors (Lipinski definition) is 4. The second kappa shape index (κ2) is 7.18. The van der Waals surface area contributed by atoms with Gasteiger partial charge in [-0.2, -0.15) is 0 Å². The molecule has 26 heavy (non-hydrogen) atoms. The lowest BCUT2D eigenvalue weighted by molar-refractivity contribution is -0.131. The molecule has 0 radical (unpaired) electrons. The van der Waals surface area contributed by atoms with Crippen LogP contribution < -0.4 is 15.7 Å². The molecule has 1 aliphatic heterocycles. The van der Waals surface area contributed by atoms with Crippen molar-refractivity contribution >= 4 is 41.0 Å². The maximum absolute atomic E-state index is 12.6. The van der Waals surface area contributed by atoms with Crippen LogP contribution in [-0.2, 0) is 16.0 Å². The van der Waals surface area contributed by atoms with Crippen molar-refractivity contribution in [3.8, 4) is 5.75 Å². The van der Waals surface area contributed by atoms with Crippen molar-refractivity contribution in [1.29, 1.82) is 0 Å². The Morgan fingerprint density at radius 2 is 2.27 bits per heavy atom. The fraction of sp³-hybridized carbons (Fsp3) is 0.188. The lowest BCUT2D eigenvalue weighted by Gasteiger charge is -2.29. The van der Waals surface area contributed by atoms with Gasteiger partial charge in [-0.25, -0.2) is 9.78 Å². The van der Waals surface area contributed by atoms with E-state index in [1.165, 1.54) is 5.38 Å². The zero-order valence-electron chi connectivity index (χ0n) is 13.8. The molecule has 1 atom stereocenters. The largest absolute Gasteiger partial charge is 0.547 e. The molecule has 0 bridgehead atoms. The number of carbonyl (C=O) groups is 2. The van der Waals surface area contributed by atoms with Gasteiger partial charge in [0, 0.05) is 11.5 Å². The number of carboxylic acids is 1. The molecule has 3 rings (SSSR count). The summed E-state index contributed by atoms with van der Waals surface area (Å²) < 4.78 is 5.52. The number of nitrogen functional groups attached to an aromatic ring is 1. The second-order valence-electron chi connectivity index (χ2n) is 5.82. The maximum atomic E-state index is 12.6. The van der Waals surface area contributed by atoms with Gasteiger partial charge in [0.1, 0.15) is 5.75 Å². The van der Waals surface area contributed by atoms with Crippen LogP contribution in [0.25, 0.3) is 5.57 Å². The normalized spacial score (nSPS) is 16.6. The molecule has 1 aromatic heterocycles. The number of amides is 1. The van der Waals surface area contributed by atoms with E-state index in [9.17, 15) is 14.6 Å². The summed E-state index contributed by atoms with van der Waals surface area (Å²) in [6.07, 6.45) is 1.11. The Bertz CT molecular complexity index is 898. The smallest absolute Gasteiger partial charge is 0.534 e. The number of anilines is 1. The number of nitrogens with one attached hydrogen (secondary N) is 1. The van der Waals surface area contributed by atoms with Crippen LogP contribution in [0.4, 0.5) is 5.13 Å². The number of hydrogen-bond acceptors (Lipinski definition) is 7. The van der Waals surface area contributed by atoms with E-state index in [1.54, 1.807) is 0 Å². The topological polar surface area (TPSA) is 135 Å². The van der Waals surface area contributed by atoms with Crippen LogP contribution >= 0.6 is 11.3 Å². The zero-order chi connectivity index (χ0) is 18.8. The molecule has 5 N–H and O–H groups in total. The van der Waals surface area contributed by atoms with Crippen molar-refractivity contribution in [3.63, 3.8) is 0 Å². The molecule has 0 fully saturated rings. The zero-order valence-corrected chi connectivity index (χ0v) is 14.6. The Hall–Kier alpha value is -2.85. The molecular formula is C16H16BN3O5S. The number of aliphatic carboxylic acids is 1. The minimum absolute atomic E-state index is 0.146. The first-order valence-electron chi connectivity index (χ1n) is 7.75. The molecule has 2 heterocycles. The number of nitrogens with zero attached hydrogens (tertiary/aromatic N) is 1. The first-order chi connectivity index (χ1) is 12.3. The fourth-order valence-corrected chi connectivity index (χ4v) is 3.31. The molecule has 1 aliphatic rings. The van der Waals surface area contributed by atoms with Crippen LogP contribution in [0, 0.1) is 6.92 Å². The van der Waals surface area contributed by atoms with Gasteiger partial charge in [0.25, 0.3) is 5.91 Å². The van der Waals surface area contributed by atoms with Gasteiger partial charge >= 0.3 is 13.1 Å². The highest BCUT2D eigenvalue weighted by Gasteiger charge is 2.37. The molecule has 0 saturated heterocycles. The summed E-state index contributed by atoms with van der Waals surface area (Å²) in [7, 11) is -1.25. The van der Waals surface area contributed by atoms with Gasteiger partial charge in [-0.05, 0) is 24.5 Å². The molecule has 1 amide bonds. The Balaban J connectivity index is 1.82. The number of thiazole rings is 1. The number of rotatable bonds is 4. The van der Waals surface area contributed by atoms with E-state index >= 15 is 0 Å². The van der Waals surface area contributed by atoms with Crippen LogP contribution in [0.15, 0.2) is 29.7 Å². The number of benzene rings is 1. The number of nitrogens with two attached hydrogens (primary N) is 1. The summed E-state index contributed by atoms with van der Waals surface area (Å²) >= 11 is 1.09. The van der Waals surface area contributed by atoms with Crippen molar-refractivity contribution in [2.24, 2.45) is 0 Å². The highest BCUT2D eigenvalue weighted by molar-refractivity contribution is 7.13. The summed E-state index contributed by atoms with van der Waals surface area (Å²) in [5.74, 6) is -2.10. The van der Waals surface area contributed by atoms with Crippen LogP contribution in [0.1, 0.15) is 16.8 Å². The number of aromatic nitrogens is 1. The molecule has 134 valence electrons. The third-order valence-electron chi connectivity index (χ3n) is 3.94. The summed E-state index contributed by atoms with van der Waals surface area (Å²) in [5, 5.41) is 23.6. The van der Waals surface area contributed by atoms with Gasteiger partial charge < -0.3 is 25.8 Å². The first kappa shape index (κ1) is 18.0. The molecule has 10 heteroatoms. The lowest BCUT2D eigenvalue weighted by atomic mass is 9.72. The first-order valence-corrected chi connectivity index (χ1v) is 8.63. The third kappa shape index (κ3) is 3.71. The van der Waals surface area contributed by atoms with Crippen molar-refractivity contribution in [2.45, 2.75) is 19.3 Å². The summed E-state index contributed by atoms with van der Waals surface area (Å²) in [5.41, 5.74) is 7.31. The maximum Gasteiger partial charge on any atom is 0.547 e. The average molecular weight is 373 g/mol. The predicted molar refractivity (Wildman–Crippen MR) is 97.6 cm³/mol.